The lowest BCUT2D eigenvalue weighted by molar-refractivity contribution is -0.137. The van der Waals surface area contributed by atoms with E-state index in [0.717, 1.165) is 18.4 Å². The minimum Gasteiger partial charge on any atom is -0.481 e. The molecular formula is C11H12ClNO2. The third kappa shape index (κ3) is 1.92. The van der Waals surface area contributed by atoms with Crippen LogP contribution in [0.5, 0.6) is 0 Å². The molecule has 0 aliphatic heterocycles. The third-order valence-electron chi connectivity index (χ3n) is 2.95. The molecule has 0 atom stereocenters. The van der Waals surface area contributed by atoms with Crippen molar-refractivity contribution in [1.82, 2.24) is 0 Å². The van der Waals surface area contributed by atoms with Gasteiger partial charge in [0.15, 0.2) is 0 Å². The minimum absolute atomic E-state index is 0.175. The molecule has 1 fully saturated rings. The van der Waals surface area contributed by atoms with Gasteiger partial charge in [0.2, 0.25) is 0 Å². The molecule has 1 saturated carbocycles. The second kappa shape index (κ2) is 3.42. The molecule has 1 aliphatic carbocycles. The predicted molar refractivity (Wildman–Crippen MR) is 59.0 cm³/mol. The average Bonchev–Trinajstić information content (AvgIpc) is 2.89. The van der Waals surface area contributed by atoms with E-state index in [4.69, 9.17) is 22.4 Å². The number of benzene rings is 1. The Morgan fingerprint density at radius 1 is 1.53 bits per heavy atom. The second-order valence-corrected chi connectivity index (χ2v) is 4.49. The summed E-state index contributed by atoms with van der Waals surface area (Å²) in [6.07, 6.45) is 2.01. The van der Waals surface area contributed by atoms with Crippen LogP contribution >= 0.6 is 11.6 Å². The lowest BCUT2D eigenvalue weighted by Crippen LogP contribution is -2.13. The van der Waals surface area contributed by atoms with Gasteiger partial charge < -0.3 is 10.8 Å². The first kappa shape index (κ1) is 10.3. The number of hydrogen-bond donors (Lipinski definition) is 2. The maximum atomic E-state index is 10.7. The van der Waals surface area contributed by atoms with Crippen molar-refractivity contribution in [2.45, 2.75) is 24.7 Å². The monoisotopic (exact) mass is 225 g/mol. The number of anilines is 1. The third-order valence-corrected chi connectivity index (χ3v) is 3.30. The second-order valence-electron chi connectivity index (χ2n) is 4.09. The highest BCUT2D eigenvalue weighted by atomic mass is 35.5. The number of nitrogen functional groups attached to an aromatic ring is 1. The number of halogens is 1. The Morgan fingerprint density at radius 3 is 2.67 bits per heavy atom. The van der Waals surface area contributed by atoms with Gasteiger partial charge in [-0.15, -0.1) is 0 Å². The first-order chi connectivity index (χ1) is 7.03. The Hall–Kier alpha value is -1.22. The fourth-order valence-electron chi connectivity index (χ4n) is 1.88. The van der Waals surface area contributed by atoms with E-state index in [1.54, 1.807) is 12.1 Å². The maximum Gasteiger partial charge on any atom is 0.304 e. The number of carboxylic acid groups (broad SMARTS) is 1. The molecule has 0 spiro atoms. The summed E-state index contributed by atoms with van der Waals surface area (Å²) < 4.78 is 0. The molecule has 4 heteroatoms. The number of rotatable bonds is 3. The van der Waals surface area contributed by atoms with Gasteiger partial charge in [0.05, 0.1) is 17.1 Å². The Balaban J connectivity index is 2.29. The van der Waals surface area contributed by atoms with Gasteiger partial charge in [-0.3, -0.25) is 4.79 Å². The van der Waals surface area contributed by atoms with E-state index in [-0.39, 0.29) is 11.8 Å². The largest absolute Gasteiger partial charge is 0.481 e. The van der Waals surface area contributed by atoms with Crippen LogP contribution in [0.4, 0.5) is 5.69 Å². The van der Waals surface area contributed by atoms with Crippen LogP contribution in [0.1, 0.15) is 24.8 Å². The van der Waals surface area contributed by atoms with Crippen LogP contribution in [0, 0.1) is 0 Å². The number of hydrogen-bond acceptors (Lipinski definition) is 2. The minimum atomic E-state index is -0.763. The standard InChI is InChI=1S/C11H12ClNO2/c12-8-2-1-7(5-9(8)13)11(3-4-11)6-10(14)15/h1-2,5H,3-4,6,13H2,(H,14,15). The van der Waals surface area contributed by atoms with Crippen LogP contribution in [-0.2, 0) is 10.2 Å². The molecular weight excluding hydrogens is 214 g/mol. The zero-order valence-corrected chi connectivity index (χ0v) is 8.92. The summed E-state index contributed by atoms with van der Waals surface area (Å²) in [6.45, 7) is 0. The summed E-state index contributed by atoms with van der Waals surface area (Å²) in [5.74, 6) is -0.763. The van der Waals surface area contributed by atoms with Crippen LogP contribution in [0.2, 0.25) is 5.02 Å². The van der Waals surface area contributed by atoms with Crippen LogP contribution < -0.4 is 5.73 Å². The number of carboxylic acids is 1. The van der Waals surface area contributed by atoms with Crippen LogP contribution in [0.15, 0.2) is 18.2 Å². The van der Waals surface area contributed by atoms with Crippen molar-refractivity contribution in [3.63, 3.8) is 0 Å². The van der Waals surface area contributed by atoms with Crippen molar-refractivity contribution in [1.29, 1.82) is 0 Å². The zero-order chi connectivity index (χ0) is 11.1. The quantitative estimate of drug-likeness (QED) is 0.777. The van der Waals surface area contributed by atoms with E-state index in [9.17, 15) is 4.79 Å². The summed E-state index contributed by atoms with van der Waals surface area (Å²) >= 11 is 5.82. The molecule has 0 saturated heterocycles. The van der Waals surface area contributed by atoms with E-state index in [1.165, 1.54) is 0 Å². The van der Waals surface area contributed by atoms with Crippen LogP contribution in [-0.4, -0.2) is 11.1 Å². The Labute approximate surface area is 92.8 Å². The molecule has 2 rings (SSSR count). The van der Waals surface area contributed by atoms with Gasteiger partial charge >= 0.3 is 5.97 Å². The van der Waals surface area contributed by atoms with Crippen molar-refractivity contribution in [2.24, 2.45) is 0 Å². The maximum absolute atomic E-state index is 10.7. The summed E-state index contributed by atoms with van der Waals surface area (Å²) in [5.41, 5.74) is 7.02. The molecule has 3 nitrogen and oxygen atoms in total. The molecule has 0 bridgehead atoms. The Kier molecular flexibility index (Phi) is 2.35. The molecule has 80 valence electrons. The van der Waals surface area contributed by atoms with Crippen molar-refractivity contribution in [2.75, 3.05) is 5.73 Å². The molecule has 1 aromatic carbocycles. The molecule has 0 unspecified atom stereocenters. The topological polar surface area (TPSA) is 63.3 Å². The van der Waals surface area contributed by atoms with Crippen molar-refractivity contribution in [3.05, 3.63) is 28.8 Å². The fraction of sp³-hybridized carbons (Fsp3) is 0.364. The zero-order valence-electron chi connectivity index (χ0n) is 8.16. The smallest absolute Gasteiger partial charge is 0.304 e. The molecule has 1 aromatic rings. The van der Waals surface area contributed by atoms with Gasteiger partial charge in [0.1, 0.15) is 0 Å². The predicted octanol–water partition coefficient (Wildman–Crippen LogP) is 2.43. The number of carbonyl (C=O) groups is 1. The Bertz CT molecular complexity index is 413. The van der Waals surface area contributed by atoms with Gasteiger partial charge in [0, 0.05) is 5.41 Å². The molecule has 0 heterocycles. The molecule has 15 heavy (non-hydrogen) atoms. The highest BCUT2D eigenvalue weighted by Crippen LogP contribution is 2.51. The highest BCUT2D eigenvalue weighted by Gasteiger charge is 2.46. The van der Waals surface area contributed by atoms with Gasteiger partial charge in [0.25, 0.3) is 0 Å². The number of nitrogens with two attached hydrogens (primary N) is 1. The van der Waals surface area contributed by atoms with Gasteiger partial charge in [-0.1, -0.05) is 17.7 Å². The van der Waals surface area contributed by atoms with E-state index in [0.29, 0.717) is 10.7 Å². The summed E-state index contributed by atoms with van der Waals surface area (Å²) in [6, 6.07) is 5.39. The van der Waals surface area contributed by atoms with Crippen molar-refractivity contribution >= 4 is 23.3 Å². The number of aliphatic carboxylic acids is 1. The van der Waals surface area contributed by atoms with E-state index < -0.39 is 5.97 Å². The van der Waals surface area contributed by atoms with E-state index >= 15 is 0 Å². The lowest BCUT2D eigenvalue weighted by Gasteiger charge is -2.13. The van der Waals surface area contributed by atoms with Gasteiger partial charge in [-0.25, -0.2) is 0 Å². The lowest BCUT2D eigenvalue weighted by atomic mass is 9.92. The molecule has 1 aliphatic rings. The average molecular weight is 226 g/mol. The SMILES string of the molecule is Nc1cc(C2(CC(=O)O)CC2)ccc1Cl. The van der Waals surface area contributed by atoms with E-state index in [1.807, 2.05) is 6.07 Å². The first-order valence-corrected chi connectivity index (χ1v) is 5.19. The molecule has 0 radical (unpaired) electrons. The highest BCUT2D eigenvalue weighted by molar-refractivity contribution is 6.33. The first-order valence-electron chi connectivity index (χ1n) is 4.81. The van der Waals surface area contributed by atoms with Crippen LogP contribution in [0.3, 0.4) is 0 Å². The summed E-state index contributed by atoms with van der Waals surface area (Å²) in [5, 5.41) is 9.34. The van der Waals surface area contributed by atoms with Gasteiger partial charge in [-0.05, 0) is 30.5 Å². The normalized spacial score (nSPS) is 17.4. The molecule has 3 N–H and O–H groups in total. The molecule has 0 aromatic heterocycles. The van der Waals surface area contributed by atoms with Crippen LogP contribution in [0.25, 0.3) is 0 Å². The van der Waals surface area contributed by atoms with Crippen molar-refractivity contribution in [3.8, 4) is 0 Å². The van der Waals surface area contributed by atoms with Crippen molar-refractivity contribution < 1.29 is 9.90 Å². The van der Waals surface area contributed by atoms with Gasteiger partial charge in [-0.2, -0.15) is 0 Å². The summed E-state index contributed by atoms with van der Waals surface area (Å²) in [4.78, 5) is 10.7. The fourth-order valence-corrected chi connectivity index (χ4v) is 2.00. The Morgan fingerprint density at radius 2 is 2.20 bits per heavy atom. The summed E-state index contributed by atoms with van der Waals surface area (Å²) in [7, 11) is 0. The van der Waals surface area contributed by atoms with E-state index in [2.05, 4.69) is 0 Å². The molecule has 0 amide bonds.